The second-order valence-electron chi connectivity index (χ2n) is 4.41. The van der Waals surface area contributed by atoms with Gasteiger partial charge in [0.1, 0.15) is 18.0 Å². The fraction of sp³-hybridized carbons (Fsp3) is 0.0667. The lowest BCUT2D eigenvalue weighted by molar-refractivity contribution is -0.385. The second kappa shape index (κ2) is 6.49. The molecular formula is C15H12N2O5. The molecule has 0 aliphatic carbocycles. The summed E-state index contributed by atoms with van der Waals surface area (Å²) in [5, 5.41) is 29.6. The van der Waals surface area contributed by atoms with Crippen molar-refractivity contribution in [3.8, 4) is 11.5 Å². The van der Waals surface area contributed by atoms with E-state index in [2.05, 4.69) is 4.99 Å². The minimum absolute atomic E-state index is 0.0255. The number of hydrogen-bond donors (Lipinski definition) is 2. The minimum atomic E-state index is -0.533. The Hall–Kier alpha value is -3.22. The molecule has 2 N–H and O–H groups in total. The van der Waals surface area contributed by atoms with E-state index in [4.69, 9.17) is 5.11 Å². The molecule has 0 saturated heterocycles. The largest absolute Gasteiger partial charge is 0.508 e. The van der Waals surface area contributed by atoms with E-state index in [9.17, 15) is 20.0 Å². The molecule has 112 valence electrons. The average molecular weight is 300 g/mol. The number of aliphatic imine (C=N–C) groups is 1. The summed E-state index contributed by atoms with van der Waals surface area (Å²) in [5.41, 5.74) is 0.207. The van der Waals surface area contributed by atoms with E-state index in [1.165, 1.54) is 36.5 Å². The van der Waals surface area contributed by atoms with Crippen molar-refractivity contribution < 1.29 is 19.9 Å². The molecule has 0 bridgehead atoms. The van der Waals surface area contributed by atoms with E-state index in [1.807, 2.05) is 0 Å². The van der Waals surface area contributed by atoms with Crippen molar-refractivity contribution in [3.63, 3.8) is 0 Å². The Morgan fingerprint density at radius 2 is 1.95 bits per heavy atom. The second-order valence-corrected chi connectivity index (χ2v) is 4.41. The van der Waals surface area contributed by atoms with Crippen LogP contribution in [0.3, 0.4) is 0 Å². The maximum Gasteiger partial charge on any atom is 0.278 e. The summed E-state index contributed by atoms with van der Waals surface area (Å²) in [6, 6.07) is 9.64. The lowest BCUT2D eigenvalue weighted by atomic mass is 10.1. The van der Waals surface area contributed by atoms with Gasteiger partial charge in [-0.15, -0.1) is 0 Å². The van der Waals surface area contributed by atoms with Gasteiger partial charge >= 0.3 is 0 Å². The first kappa shape index (κ1) is 15.2. The van der Waals surface area contributed by atoms with Gasteiger partial charge in [0, 0.05) is 18.3 Å². The van der Waals surface area contributed by atoms with Gasteiger partial charge < -0.3 is 10.2 Å². The van der Waals surface area contributed by atoms with Crippen molar-refractivity contribution in [3.05, 3.63) is 63.7 Å². The number of hydrogen-bond acceptors (Lipinski definition) is 6. The Balaban J connectivity index is 2.13. The van der Waals surface area contributed by atoms with Crippen LogP contribution in [0.5, 0.6) is 11.5 Å². The van der Waals surface area contributed by atoms with Crippen molar-refractivity contribution in [2.75, 3.05) is 6.54 Å². The molecule has 2 aromatic rings. The first-order valence-electron chi connectivity index (χ1n) is 6.27. The molecule has 0 atom stereocenters. The molecule has 0 spiro atoms. The highest BCUT2D eigenvalue weighted by Gasteiger charge is 2.12. The third kappa shape index (κ3) is 3.45. The first-order valence-corrected chi connectivity index (χ1v) is 6.27. The Morgan fingerprint density at radius 3 is 2.64 bits per heavy atom. The highest BCUT2D eigenvalue weighted by molar-refractivity contribution is 6.01. The minimum Gasteiger partial charge on any atom is -0.508 e. The fourth-order valence-corrected chi connectivity index (χ4v) is 1.83. The van der Waals surface area contributed by atoms with Gasteiger partial charge in [0.15, 0.2) is 5.78 Å². The number of phenols is 2. The van der Waals surface area contributed by atoms with E-state index in [-0.39, 0.29) is 34.9 Å². The normalized spacial score (nSPS) is 10.7. The number of aromatic hydroxyl groups is 2. The number of phenolic OH excluding ortho intramolecular Hbond substituents is 2. The van der Waals surface area contributed by atoms with E-state index < -0.39 is 10.7 Å². The van der Waals surface area contributed by atoms with Crippen LogP contribution in [-0.4, -0.2) is 33.7 Å². The molecule has 2 aromatic carbocycles. The third-order valence-electron chi connectivity index (χ3n) is 2.88. The van der Waals surface area contributed by atoms with E-state index in [1.54, 1.807) is 6.07 Å². The smallest absolute Gasteiger partial charge is 0.278 e. The molecule has 7 heteroatoms. The van der Waals surface area contributed by atoms with Crippen LogP contribution in [0.25, 0.3) is 0 Å². The molecule has 22 heavy (non-hydrogen) atoms. The van der Waals surface area contributed by atoms with Gasteiger partial charge in [0.25, 0.3) is 5.69 Å². The predicted octanol–water partition coefficient (Wildman–Crippen LogP) is 2.31. The van der Waals surface area contributed by atoms with Crippen LogP contribution in [0, 0.1) is 10.1 Å². The monoisotopic (exact) mass is 300 g/mol. The summed E-state index contributed by atoms with van der Waals surface area (Å²) in [6.07, 6.45) is 1.24. The Bertz CT molecular complexity index is 755. The SMILES string of the molecule is O=C(CN=Cc1ccccc1[N+](=O)[O-])c1ccc(O)cc1O. The van der Waals surface area contributed by atoms with Crippen molar-refractivity contribution in [2.24, 2.45) is 4.99 Å². The van der Waals surface area contributed by atoms with Crippen LogP contribution < -0.4 is 0 Å². The lowest BCUT2D eigenvalue weighted by Gasteiger charge is -2.02. The van der Waals surface area contributed by atoms with E-state index >= 15 is 0 Å². The summed E-state index contributed by atoms with van der Waals surface area (Å²) in [6.45, 7) is -0.273. The molecule has 7 nitrogen and oxygen atoms in total. The van der Waals surface area contributed by atoms with Crippen LogP contribution >= 0.6 is 0 Å². The van der Waals surface area contributed by atoms with Crippen LogP contribution in [0.1, 0.15) is 15.9 Å². The standard InChI is InChI=1S/C15H12N2O5/c18-11-5-6-12(14(19)7-11)15(20)9-16-8-10-3-1-2-4-13(10)17(21)22/h1-8,18-19H,9H2. The highest BCUT2D eigenvalue weighted by atomic mass is 16.6. The first-order chi connectivity index (χ1) is 10.5. The summed E-state index contributed by atoms with van der Waals surface area (Å²) in [4.78, 5) is 26.1. The van der Waals surface area contributed by atoms with Gasteiger partial charge in [-0.25, -0.2) is 0 Å². The zero-order valence-electron chi connectivity index (χ0n) is 11.3. The maximum absolute atomic E-state index is 11.9. The molecule has 0 unspecified atom stereocenters. The topological polar surface area (TPSA) is 113 Å². The number of nitro benzene ring substituents is 1. The van der Waals surface area contributed by atoms with Gasteiger partial charge in [-0.05, 0) is 18.2 Å². The number of carbonyl (C=O) groups excluding carboxylic acids is 1. The Kier molecular flexibility index (Phi) is 4.47. The summed E-state index contributed by atoms with van der Waals surface area (Å²) in [5.74, 6) is -0.962. The van der Waals surface area contributed by atoms with Crippen molar-refractivity contribution in [2.45, 2.75) is 0 Å². The lowest BCUT2D eigenvalue weighted by Crippen LogP contribution is -2.04. The molecule has 0 aliphatic rings. The predicted molar refractivity (Wildman–Crippen MR) is 79.7 cm³/mol. The number of nitrogens with zero attached hydrogens (tertiary/aromatic N) is 2. The molecule has 0 aromatic heterocycles. The zero-order valence-corrected chi connectivity index (χ0v) is 11.3. The molecular weight excluding hydrogens is 288 g/mol. The van der Waals surface area contributed by atoms with Crippen LogP contribution in [0.2, 0.25) is 0 Å². The van der Waals surface area contributed by atoms with E-state index in [0.717, 1.165) is 6.07 Å². The summed E-state index contributed by atoms with van der Waals surface area (Å²) in [7, 11) is 0. The third-order valence-corrected chi connectivity index (χ3v) is 2.88. The Labute approximate surface area is 125 Å². The number of ketones is 1. The average Bonchev–Trinajstić information content (AvgIpc) is 2.47. The fourth-order valence-electron chi connectivity index (χ4n) is 1.83. The quantitative estimate of drug-likeness (QED) is 0.381. The Morgan fingerprint density at radius 1 is 1.23 bits per heavy atom. The highest BCUT2D eigenvalue weighted by Crippen LogP contribution is 2.23. The molecule has 0 amide bonds. The number of carbonyl (C=O) groups is 1. The zero-order chi connectivity index (χ0) is 16.1. The summed E-state index contributed by atoms with van der Waals surface area (Å²) >= 11 is 0. The molecule has 2 rings (SSSR count). The maximum atomic E-state index is 11.9. The van der Waals surface area contributed by atoms with Gasteiger partial charge in [-0.3, -0.25) is 19.9 Å². The van der Waals surface area contributed by atoms with Crippen molar-refractivity contribution >= 4 is 17.7 Å². The van der Waals surface area contributed by atoms with Gasteiger partial charge in [0.2, 0.25) is 0 Å². The molecule has 0 saturated carbocycles. The molecule has 0 heterocycles. The number of nitro groups is 1. The number of Topliss-reactive ketones (excluding diaryl/α,β-unsaturated/α-hetero) is 1. The molecule has 0 aliphatic heterocycles. The van der Waals surface area contributed by atoms with E-state index in [0.29, 0.717) is 0 Å². The van der Waals surface area contributed by atoms with Crippen LogP contribution in [-0.2, 0) is 0 Å². The van der Waals surface area contributed by atoms with Crippen LogP contribution in [0.4, 0.5) is 5.69 Å². The summed E-state index contributed by atoms with van der Waals surface area (Å²) < 4.78 is 0. The van der Waals surface area contributed by atoms with Gasteiger partial charge in [-0.2, -0.15) is 0 Å². The van der Waals surface area contributed by atoms with Crippen molar-refractivity contribution in [1.29, 1.82) is 0 Å². The van der Waals surface area contributed by atoms with Gasteiger partial charge in [0.05, 0.1) is 16.1 Å². The van der Waals surface area contributed by atoms with Crippen LogP contribution in [0.15, 0.2) is 47.5 Å². The molecule has 0 fully saturated rings. The number of benzene rings is 2. The van der Waals surface area contributed by atoms with Crippen molar-refractivity contribution in [1.82, 2.24) is 0 Å². The number of rotatable bonds is 5. The van der Waals surface area contributed by atoms with Gasteiger partial charge in [-0.1, -0.05) is 12.1 Å². The number of para-hydroxylation sites is 1. The molecule has 0 radical (unpaired) electrons.